The summed E-state index contributed by atoms with van der Waals surface area (Å²) in [5.41, 5.74) is -2.92. The van der Waals surface area contributed by atoms with Crippen molar-refractivity contribution in [1.82, 2.24) is 28.7 Å². The lowest BCUT2D eigenvalue weighted by atomic mass is 9.94. The van der Waals surface area contributed by atoms with Gasteiger partial charge in [-0.3, -0.25) is 37.9 Å². The molecule has 4 aromatic rings. The third-order valence-corrected chi connectivity index (χ3v) is 24.9. The van der Waals surface area contributed by atoms with Crippen LogP contribution < -0.4 is 11.1 Å². The van der Waals surface area contributed by atoms with Crippen molar-refractivity contribution in [1.29, 1.82) is 10.5 Å². The van der Waals surface area contributed by atoms with E-state index in [0.29, 0.717) is 52.4 Å². The molecule has 0 saturated heterocycles. The number of nitriles is 2. The summed E-state index contributed by atoms with van der Waals surface area (Å²) >= 11 is 0. The summed E-state index contributed by atoms with van der Waals surface area (Å²) in [6.07, 6.45) is 30.5. The number of pyridine rings is 2. The molecule has 0 saturated carbocycles. The maximum absolute atomic E-state index is 15.9. The molecule has 646 valence electrons. The maximum Gasteiger partial charge on any atom is 0.271 e. The highest BCUT2D eigenvalue weighted by Gasteiger charge is 2.34. The number of hydrogen-bond donors (Lipinski definition) is 2. The molecule has 0 bridgehead atoms. The average Bonchev–Trinajstić information content (AvgIpc) is 0.773. The number of rotatable bonds is 59. The van der Waals surface area contributed by atoms with Gasteiger partial charge < -0.3 is 29.8 Å². The van der Waals surface area contributed by atoms with Crippen molar-refractivity contribution in [2.24, 2.45) is 67.8 Å². The van der Waals surface area contributed by atoms with Crippen LogP contribution in [-0.2, 0) is 13.1 Å². The average molecular weight is 1600 g/mol. The molecular formula is C96H154N12O8. The van der Waals surface area contributed by atoms with E-state index in [2.05, 4.69) is 111 Å². The van der Waals surface area contributed by atoms with Crippen molar-refractivity contribution in [2.75, 3.05) is 52.4 Å². The Bertz CT molecular complexity index is 3460. The number of aromatic nitrogens is 2. The Morgan fingerprint density at radius 3 is 0.681 bits per heavy atom. The number of unbranched alkanes of at least 4 members (excludes halogenated alkanes) is 8. The number of carbonyl (C=O) groups excluding carboxylic acids is 4. The maximum atomic E-state index is 15.9. The number of nitrogens with zero attached hydrogens (tertiary/aromatic N) is 12. The molecule has 2 N–H and O–H groups in total. The lowest BCUT2D eigenvalue weighted by Crippen LogP contribution is -2.40. The molecule has 2 aromatic heterocycles. The summed E-state index contributed by atoms with van der Waals surface area (Å²) in [5, 5.41) is 66.3. The molecule has 0 aliphatic rings. The van der Waals surface area contributed by atoms with Gasteiger partial charge in [-0.1, -0.05) is 277 Å². The zero-order chi connectivity index (χ0) is 85.8. The smallest absolute Gasteiger partial charge is 0.271 e. The molecule has 20 nitrogen and oxygen atoms in total. The first-order valence-electron chi connectivity index (χ1n) is 46.0. The Hall–Kier alpha value is -8.00. The summed E-state index contributed by atoms with van der Waals surface area (Å²) < 4.78 is 1.70. The monoisotopic (exact) mass is 1600 g/mol. The first-order chi connectivity index (χ1) is 56.0. The van der Waals surface area contributed by atoms with Gasteiger partial charge >= 0.3 is 0 Å². The van der Waals surface area contributed by atoms with E-state index in [1.54, 1.807) is 36.4 Å². The van der Waals surface area contributed by atoms with Crippen LogP contribution in [0.15, 0.2) is 66.4 Å². The summed E-state index contributed by atoms with van der Waals surface area (Å²) in [6, 6.07) is 14.2. The number of aromatic hydroxyl groups is 2. The standard InChI is InChI=1S/C96H154N12O8/c1-19-35-45-71(27-9)61-103(62-72(28-10)46-36-20-2)89(109)79-53-43-54-80(90(110)104(63-73(29-11)47-37-21-3)64-74(30-12)48-38-22-4)87(79)101-99-85-69(17)83(59-97)93(113)107(95(85)115)57-58-108-94(114)84(60-98)70(18)86(96(108)116)100-102-88-81(91(111)105(65-75(31-13)49-39-23-5)66-76(32-14)50-40-24-6)55-44-56-82(88)92(112)106(67-77(33-15)51-41-25-7)68-78(34-16)52-42-26-8/h43-44,53-56,71-78,115-116H,19-42,45-52,57-58,61-68H2,1-18H3/b101-99+,102-100+. The van der Waals surface area contributed by atoms with Gasteiger partial charge in [0.2, 0.25) is 11.8 Å². The molecule has 0 radical (unpaired) electrons. The van der Waals surface area contributed by atoms with Crippen molar-refractivity contribution in [3.05, 3.63) is 102 Å². The first-order valence-corrected chi connectivity index (χ1v) is 46.0. The molecule has 8 unspecified atom stereocenters. The lowest BCUT2D eigenvalue weighted by Gasteiger charge is -2.32. The molecule has 2 aromatic carbocycles. The van der Waals surface area contributed by atoms with Gasteiger partial charge in [-0.2, -0.15) is 10.5 Å². The fourth-order valence-electron chi connectivity index (χ4n) is 16.4. The Kier molecular flexibility index (Phi) is 47.5. The summed E-state index contributed by atoms with van der Waals surface area (Å²) in [7, 11) is 0. The van der Waals surface area contributed by atoms with Crippen molar-refractivity contribution >= 4 is 46.4 Å². The van der Waals surface area contributed by atoms with E-state index < -0.39 is 47.1 Å². The predicted octanol–water partition coefficient (Wildman–Crippen LogP) is 24.8. The third-order valence-electron chi connectivity index (χ3n) is 24.9. The summed E-state index contributed by atoms with van der Waals surface area (Å²) in [4.78, 5) is 101. The van der Waals surface area contributed by atoms with Crippen molar-refractivity contribution in [3.8, 4) is 23.9 Å². The van der Waals surface area contributed by atoms with Crippen molar-refractivity contribution in [2.45, 2.75) is 343 Å². The largest absolute Gasteiger partial charge is 0.493 e. The Balaban J connectivity index is 2.15. The molecule has 0 aliphatic carbocycles. The van der Waals surface area contributed by atoms with Gasteiger partial charge in [0.15, 0.2) is 11.4 Å². The number of carbonyl (C=O) groups is 4. The van der Waals surface area contributed by atoms with Gasteiger partial charge in [0.05, 0.1) is 22.3 Å². The van der Waals surface area contributed by atoms with E-state index >= 15 is 19.2 Å². The van der Waals surface area contributed by atoms with Crippen molar-refractivity contribution in [3.63, 3.8) is 0 Å². The first kappa shape index (κ1) is 100. The van der Waals surface area contributed by atoms with Crippen LogP contribution in [-0.4, -0.2) is 115 Å². The van der Waals surface area contributed by atoms with Crippen LogP contribution in [0.5, 0.6) is 11.8 Å². The molecule has 116 heavy (non-hydrogen) atoms. The van der Waals surface area contributed by atoms with Crippen LogP contribution in [0, 0.1) is 83.9 Å². The highest BCUT2D eigenvalue weighted by Crippen LogP contribution is 2.40. The SMILES string of the molecule is CCCCC(CC)CN(CC(CC)CCCC)C(=O)c1cccc(C(=O)N(CC(CC)CCCC)CC(CC)CCCC)c1/N=N/c1c(C)c(C#N)c(=O)n(CCn2c(O)c(/N=N/c3c(C(=O)N(CC(CC)CCCC)CC(CC)CCCC)cccc3C(=O)N(CC(CC)CCCC)CC(CC)CCCC)c(C)c(C#N)c2=O)c1O. The zero-order valence-electron chi connectivity index (χ0n) is 75.5. The Morgan fingerprint density at radius 1 is 0.336 bits per heavy atom. The quantitative estimate of drug-likeness (QED) is 0.0395. The van der Waals surface area contributed by atoms with Crippen LogP contribution in [0.25, 0.3) is 0 Å². The number of amides is 4. The van der Waals surface area contributed by atoms with E-state index in [1.807, 2.05) is 31.7 Å². The molecule has 4 amide bonds. The second-order valence-electron chi connectivity index (χ2n) is 33.5. The lowest BCUT2D eigenvalue weighted by molar-refractivity contribution is 0.0670. The van der Waals surface area contributed by atoms with E-state index in [-0.39, 0.29) is 127 Å². The summed E-state index contributed by atoms with van der Waals surface area (Å²) in [5.74, 6) is -1.15. The van der Waals surface area contributed by atoms with E-state index in [1.165, 1.54) is 13.8 Å². The minimum Gasteiger partial charge on any atom is -0.493 e. The number of benzene rings is 2. The van der Waals surface area contributed by atoms with Crippen LogP contribution in [0.3, 0.4) is 0 Å². The molecule has 4 rings (SSSR count). The second kappa shape index (κ2) is 54.9. The molecule has 2 heterocycles. The van der Waals surface area contributed by atoms with Crippen molar-refractivity contribution < 1.29 is 29.4 Å². The zero-order valence-corrected chi connectivity index (χ0v) is 75.5. The van der Waals surface area contributed by atoms with Crippen LogP contribution in [0.2, 0.25) is 0 Å². The van der Waals surface area contributed by atoms with Gasteiger partial charge in [0.1, 0.15) is 34.6 Å². The van der Waals surface area contributed by atoms with E-state index in [4.69, 9.17) is 20.5 Å². The topological polar surface area (TPSA) is 263 Å². The fraction of sp³-hybridized carbons (Fsp3) is 0.708. The van der Waals surface area contributed by atoms with Crippen LogP contribution >= 0.6 is 0 Å². The molecule has 0 fully saturated rings. The second-order valence-corrected chi connectivity index (χ2v) is 33.5. The predicted molar refractivity (Wildman–Crippen MR) is 475 cm³/mol. The molecular weight excluding hydrogens is 1450 g/mol. The summed E-state index contributed by atoms with van der Waals surface area (Å²) in [6.45, 7) is 40.3. The minimum absolute atomic E-state index is 0.0147. The highest BCUT2D eigenvalue weighted by atomic mass is 16.3. The molecule has 0 spiro atoms. The third kappa shape index (κ3) is 29.5. The van der Waals surface area contributed by atoms with Gasteiger partial charge in [-0.05, 0) is 137 Å². The van der Waals surface area contributed by atoms with Gasteiger partial charge in [-0.15, -0.1) is 20.5 Å². The Morgan fingerprint density at radius 2 is 0.517 bits per heavy atom. The van der Waals surface area contributed by atoms with Crippen LogP contribution in [0.4, 0.5) is 22.7 Å². The van der Waals surface area contributed by atoms with E-state index in [0.717, 1.165) is 215 Å². The van der Waals surface area contributed by atoms with Gasteiger partial charge in [0.25, 0.3) is 34.7 Å². The van der Waals surface area contributed by atoms with Gasteiger partial charge in [-0.25, -0.2) is 0 Å². The number of hydrogen-bond acceptors (Lipinski definition) is 14. The van der Waals surface area contributed by atoms with Crippen LogP contribution in [0.1, 0.15) is 380 Å². The minimum atomic E-state index is -0.956. The van der Waals surface area contributed by atoms with E-state index in [9.17, 15) is 30.3 Å². The van der Waals surface area contributed by atoms with Gasteiger partial charge in [0, 0.05) is 76.6 Å². The normalized spacial score (nSPS) is 13.8. The molecule has 8 atom stereocenters. The molecule has 20 heteroatoms. The molecule has 0 aliphatic heterocycles. The highest BCUT2D eigenvalue weighted by molar-refractivity contribution is 6.08. The Labute approximate surface area is 700 Å². The number of azo groups is 2. The fourth-order valence-corrected chi connectivity index (χ4v) is 16.4.